The summed E-state index contributed by atoms with van der Waals surface area (Å²) in [5.41, 5.74) is 2.80. The third kappa shape index (κ3) is 7.32. The van der Waals surface area contributed by atoms with Crippen molar-refractivity contribution in [1.29, 1.82) is 0 Å². The minimum absolute atomic E-state index is 0.988. The molecule has 20 heavy (non-hydrogen) atoms. The Balaban J connectivity index is 2.24. The molecule has 0 spiro atoms. The van der Waals surface area contributed by atoms with E-state index in [1.165, 1.54) is 29.1 Å². The summed E-state index contributed by atoms with van der Waals surface area (Å²) >= 11 is 2.02. The van der Waals surface area contributed by atoms with E-state index in [1.54, 1.807) is 0 Å². The normalized spacial score (nSPS) is 11.2. The average Bonchev–Trinajstić information content (AvgIpc) is 2.49. The summed E-state index contributed by atoms with van der Waals surface area (Å²) in [4.78, 5) is 2.44. The summed E-state index contributed by atoms with van der Waals surface area (Å²) in [6, 6.07) is 9.05. The third-order valence-electron chi connectivity index (χ3n) is 3.50. The molecule has 1 aromatic rings. The molecule has 1 aromatic carbocycles. The Kier molecular flexibility index (Phi) is 9.81. The van der Waals surface area contributed by atoms with E-state index in [4.69, 9.17) is 0 Å². The molecule has 114 valence electrons. The SMILES string of the molecule is CCSCCCNCc1ccc(CN(CC)CC)cc1. The molecule has 1 rings (SSSR count). The molecular formula is C17H30N2S. The Morgan fingerprint density at radius 3 is 2.25 bits per heavy atom. The fourth-order valence-electron chi connectivity index (χ4n) is 2.14. The molecule has 0 aliphatic heterocycles. The van der Waals surface area contributed by atoms with E-state index in [9.17, 15) is 0 Å². The maximum atomic E-state index is 3.52. The van der Waals surface area contributed by atoms with Crippen LogP contribution in [0.15, 0.2) is 24.3 Å². The summed E-state index contributed by atoms with van der Waals surface area (Å²) in [5, 5.41) is 3.52. The van der Waals surface area contributed by atoms with Gasteiger partial charge in [0.25, 0.3) is 0 Å². The van der Waals surface area contributed by atoms with Gasteiger partial charge in [0.05, 0.1) is 0 Å². The van der Waals surface area contributed by atoms with Gasteiger partial charge in [-0.3, -0.25) is 4.90 Å². The van der Waals surface area contributed by atoms with Crippen LogP contribution in [0.2, 0.25) is 0 Å². The minimum atomic E-state index is 0.988. The smallest absolute Gasteiger partial charge is 0.0233 e. The highest BCUT2D eigenvalue weighted by Gasteiger charge is 2.01. The van der Waals surface area contributed by atoms with Gasteiger partial charge in [-0.2, -0.15) is 11.8 Å². The maximum Gasteiger partial charge on any atom is 0.0233 e. The predicted octanol–water partition coefficient (Wildman–Crippen LogP) is 3.76. The monoisotopic (exact) mass is 294 g/mol. The number of hydrogen-bond donors (Lipinski definition) is 1. The number of thioether (sulfide) groups is 1. The van der Waals surface area contributed by atoms with Gasteiger partial charge in [-0.25, -0.2) is 0 Å². The van der Waals surface area contributed by atoms with Crippen molar-refractivity contribution in [3.63, 3.8) is 0 Å². The Bertz CT molecular complexity index is 333. The van der Waals surface area contributed by atoms with Crippen LogP contribution in [0.3, 0.4) is 0 Å². The quantitative estimate of drug-likeness (QED) is 0.626. The first kappa shape index (κ1) is 17.5. The van der Waals surface area contributed by atoms with Crippen molar-refractivity contribution in [1.82, 2.24) is 10.2 Å². The lowest BCUT2D eigenvalue weighted by Crippen LogP contribution is -2.22. The molecule has 0 unspecified atom stereocenters. The van der Waals surface area contributed by atoms with E-state index in [1.807, 2.05) is 11.8 Å². The summed E-state index contributed by atoms with van der Waals surface area (Å²) in [7, 11) is 0. The predicted molar refractivity (Wildman–Crippen MR) is 92.4 cm³/mol. The number of nitrogens with one attached hydrogen (secondary N) is 1. The molecule has 2 nitrogen and oxygen atoms in total. The second-order valence-electron chi connectivity index (χ2n) is 5.01. The van der Waals surface area contributed by atoms with Gasteiger partial charge < -0.3 is 5.32 Å². The Morgan fingerprint density at radius 2 is 1.65 bits per heavy atom. The van der Waals surface area contributed by atoms with Crippen molar-refractivity contribution in [3.05, 3.63) is 35.4 Å². The van der Waals surface area contributed by atoms with E-state index in [0.29, 0.717) is 0 Å². The topological polar surface area (TPSA) is 15.3 Å². The summed E-state index contributed by atoms with van der Waals surface area (Å²) in [6.07, 6.45) is 1.26. The van der Waals surface area contributed by atoms with Gasteiger partial charge in [0, 0.05) is 13.1 Å². The third-order valence-corrected chi connectivity index (χ3v) is 4.48. The lowest BCUT2D eigenvalue weighted by atomic mass is 10.1. The van der Waals surface area contributed by atoms with Gasteiger partial charge in [-0.05, 0) is 48.7 Å². The van der Waals surface area contributed by atoms with Crippen LogP contribution in [0.4, 0.5) is 0 Å². The molecule has 0 saturated carbocycles. The van der Waals surface area contributed by atoms with Crippen molar-refractivity contribution in [2.45, 2.75) is 40.3 Å². The van der Waals surface area contributed by atoms with E-state index in [-0.39, 0.29) is 0 Å². The minimum Gasteiger partial charge on any atom is -0.313 e. The number of hydrogen-bond acceptors (Lipinski definition) is 3. The van der Waals surface area contributed by atoms with E-state index in [2.05, 4.69) is 55.3 Å². The average molecular weight is 295 g/mol. The first-order valence-electron chi connectivity index (χ1n) is 7.88. The molecule has 0 amide bonds. The molecule has 0 fully saturated rings. The zero-order valence-electron chi connectivity index (χ0n) is 13.3. The largest absolute Gasteiger partial charge is 0.313 e. The van der Waals surface area contributed by atoms with Crippen LogP contribution in [0, 0.1) is 0 Å². The van der Waals surface area contributed by atoms with E-state index >= 15 is 0 Å². The van der Waals surface area contributed by atoms with Gasteiger partial charge >= 0.3 is 0 Å². The van der Waals surface area contributed by atoms with Crippen LogP contribution < -0.4 is 5.32 Å². The van der Waals surface area contributed by atoms with Gasteiger partial charge in [0.15, 0.2) is 0 Å². The van der Waals surface area contributed by atoms with E-state index in [0.717, 1.165) is 32.7 Å². The number of rotatable bonds is 11. The molecule has 0 atom stereocenters. The highest BCUT2D eigenvalue weighted by molar-refractivity contribution is 7.99. The molecule has 0 radical (unpaired) electrons. The molecule has 0 bridgehead atoms. The van der Waals surface area contributed by atoms with Crippen molar-refractivity contribution < 1.29 is 0 Å². The van der Waals surface area contributed by atoms with Crippen molar-refractivity contribution in [2.75, 3.05) is 31.1 Å². The standard InChI is InChI=1S/C17H30N2S/c1-4-19(5-2)15-17-10-8-16(9-11-17)14-18-12-7-13-20-6-3/h8-11,18H,4-7,12-15H2,1-3H3. The molecule has 0 heterocycles. The van der Waals surface area contributed by atoms with Crippen molar-refractivity contribution >= 4 is 11.8 Å². The second-order valence-corrected chi connectivity index (χ2v) is 6.40. The fourth-order valence-corrected chi connectivity index (χ4v) is 2.78. The van der Waals surface area contributed by atoms with Gasteiger partial charge in [0.2, 0.25) is 0 Å². The Hall–Kier alpha value is -0.510. The maximum absolute atomic E-state index is 3.52. The second kappa shape index (κ2) is 11.2. The summed E-state index contributed by atoms with van der Waals surface area (Å²) < 4.78 is 0. The molecule has 3 heteroatoms. The highest BCUT2D eigenvalue weighted by Crippen LogP contribution is 2.07. The van der Waals surface area contributed by atoms with Crippen molar-refractivity contribution in [2.24, 2.45) is 0 Å². The molecule has 0 aromatic heterocycles. The molecular weight excluding hydrogens is 264 g/mol. The van der Waals surface area contributed by atoms with Crippen LogP contribution in [0.5, 0.6) is 0 Å². The first-order valence-corrected chi connectivity index (χ1v) is 9.04. The lowest BCUT2D eigenvalue weighted by Gasteiger charge is -2.18. The van der Waals surface area contributed by atoms with Crippen LogP contribution in [-0.2, 0) is 13.1 Å². The van der Waals surface area contributed by atoms with E-state index < -0.39 is 0 Å². The van der Waals surface area contributed by atoms with Gasteiger partial charge in [-0.1, -0.05) is 45.0 Å². The van der Waals surface area contributed by atoms with Crippen LogP contribution in [0.25, 0.3) is 0 Å². The van der Waals surface area contributed by atoms with Crippen LogP contribution in [-0.4, -0.2) is 36.0 Å². The zero-order chi connectivity index (χ0) is 14.6. The van der Waals surface area contributed by atoms with Gasteiger partial charge in [-0.15, -0.1) is 0 Å². The Labute approximate surface area is 129 Å². The summed E-state index contributed by atoms with van der Waals surface area (Å²) in [5.74, 6) is 2.50. The van der Waals surface area contributed by atoms with Crippen LogP contribution >= 0.6 is 11.8 Å². The van der Waals surface area contributed by atoms with Crippen LogP contribution in [0.1, 0.15) is 38.3 Å². The number of nitrogens with zero attached hydrogens (tertiary/aromatic N) is 1. The molecule has 0 aliphatic carbocycles. The lowest BCUT2D eigenvalue weighted by molar-refractivity contribution is 0.296. The fraction of sp³-hybridized carbons (Fsp3) is 0.647. The first-order chi connectivity index (χ1) is 9.80. The Morgan fingerprint density at radius 1 is 1.00 bits per heavy atom. The van der Waals surface area contributed by atoms with Gasteiger partial charge in [0.1, 0.15) is 0 Å². The highest BCUT2D eigenvalue weighted by atomic mass is 32.2. The summed E-state index contributed by atoms with van der Waals surface area (Å²) in [6.45, 7) is 12.1. The molecule has 1 N–H and O–H groups in total. The van der Waals surface area contributed by atoms with Crippen molar-refractivity contribution in [3.8, 4) is 0 Å². The number of benzene rings is 1. The zero-order valence-corrected chi connectivity index (χ0v) is 14.1. The molecule has 0 saturated heterocycles. The molecule has 0 aliphatic rings.